The van der Waals surface area contributed by atoms with Gasteiger partial charge in [0.1, 0.15) is 6.04 Å². The van der Waals surface area contributed by atoms with E-state index in [1.165, 1.54) is 4.31 Å². The minimum Gasteiger partial charge on any atom is -0.465 e. The Morgan fingerprint density at radius 3 is 2.76 bits per heavy atom. The number of nitrogens with one attached hydrogen (secondary N) is 1. The van der Waals surface area contributed by atoms with E-state index in [-0.39, 0.29) is 11.9 Å². The molecule has 1 saturated carbocycles. The summed E-state index contributed by atoms with van der Waals surface area (Å²) < 4.78 is 30.6. The molecular formula is C10H18N2O4S. The van der Waals surface area contributed by atoms with Gasteiger partial charge in [0.2, 0.25) is 10.0 Å². The van der Waals surface area contributed by atoms with Crippen LogP contribution in [0.2, 0.25) is 0 Å². The lowest BCUT2D eigenvalue weighted by molar-refractivity contribution is -0.148. The van der Waals surface area contributed by atoms with Crippen LogP contribution in [-0.4, -0.2) is 56.2 Å². The van der Waals surface area contributed by atoms with Crippen molar-refractivity contribution in [2.45, 2.75) is 31.1 Å². The van der Waals surface area contributed by atoms with Crippen LogP contribution in [0.25, 0.3) is 0 Å². The minimum absolute atomic E-state index is 0.270. The molecule has 1 heterocycles. The third-order valence-corrected chi connectivity index (χ3v) is 5.43. The molecule has 1 atom stereocenters. The van der Waals surface area contributed by atoms with E-state index in [0.717, 1.165) is 0 Å². The summed E-state index contributed by atoms with van der Waals surface area (Å²) in [4.78, 5) is 11.7. The molecule has 98 valence electrons. The highest BCUT2D eigenvalue weighted by atomic mass is 32.2. The summed E-state index contributed by atoms with van der Waals surface area (Å²) in [6.07, 6.45) is 1.42. The number of hydrogen-bond donors (Lipinski definition) is 1. The first kappa shape index (κ1) is 12.8. The smallest absolute Gasteiger partial charge is 0.325 e. The van der Waals surface area contributed by atoms with Gasteiger partial charge in [0.25, 0.3) is 0 Å². The van der Waals surface area contributed by atoms with Crippen molar-refractivity contribution >= 4 is 16.0 Å². The molecule has 0 amide bonds. The number of hydrogen-bond acceptors (Lipinski definition) is 5. The van der Waals surface area contributed by atoms with Crippen LogP contribution in [0.15, 0.2) is 0 Å². The summed E-state index contributed by atoms with van der Waals surface area (Å²) in [7, 11) is -3.31. The molecule has 0 radical (unpaired) electrons. The number of esters is 1. The highest BCUT2D eigenvalue weighted by Crippen LogP contribution is 2.32. The van der Waals surface area contributed by atoms with Gasteiger partial charge in [-0.15, -0.1) is 0 Å². The number of rotatable bonds is 4. The quantitative estimate of drug-likeness (QED) is 0.679. The lowest BCUT2D eigenvalue weighted by atomic mass is 10.2. The fourth-order valence-corrected chi connectivity index (χ4v) is 3.96. The van der Waals surface area contributed by atoms with Gasteiger partial charge in [-0.1, -0.05) is 0 Å². The summed E-state index contributed by atoms with van der Waals surface area (Å²) in [5.41, 5.74) is 0. The Kier molecular flexibility index (Phi) is 3.70. The lowest BCUT2D eigenvalue weighted by Crippen LogP contribution is -2.58. The molecule has 0 bridgehead atoms. The van der Waals surface area contributed by atoms with Crippen LogP contribution in [-0.2, 0) is 19.6 Å². The number of carbonyl (C=O) groups excluding carboxylic acids is 1. The molecule has 1 aliphatic heterocycles. The third kappa shape index (κ3) is 2.61. The second-order valence-electron chi connectivity index (χ2n) is 4.33. The van der Waals surface area contributed by atoms with Gasteiger partial charge in [0, 0.05) is 19.6 Å². The standard InChI is InChI=1S/C10H18N2O4S/c1-2-16-10(13)9-7-11-5-6-12(9)17(14,15)8-3-4-8/h8-9,11H,2-7H2,1H3. The Balaban J connectivity index is 2.14. The number of piperazine rings is 1. The van der Waals surface area contributed by atoms with E-state index < -0.39 is 22.0 Å². The Hall–Kier alpha value is -0.660. The van der Waals surface area contributed by atoms with Crippen molar-refractivity contribution in [3.63, 3.8) is 0 Å². The van der Waals surface area contributed by atoms with Crippen LogP contribution in [0.3, 0.4) is 0 Å². The molecule has 7 heteroatoms. The van der Waals surface area contributed by atoms with E-state index >= 15 is 0 Å². The molecule has 1 saturated heterocycles. The highest BCUT2D eigenvalue weighted by molar-refractivity contribution is 7.90. The fraction of sp³-hybridized carbons (Fsp3) is 0.900. The van der Waals surface area contributed by atoms with E-state index in [2.05, 4.69) is 5.32 Å². The molecule has 1 aliphatic carbocycles. The van der Waals surface area contributed by atoms with Crippen molar-refractivity contribution in [3.8, 4) is 0 Å². The number of nitrogens with zero attached hydrogens (tertiary/aromatic N) is 1. The minimum atomic E-state index is -3.31. The average Bonchev–Trinajstić information content (AvgIpc) is 3.13. The largest absolute Gasteiger partial charge is 0.465 e. The lowest BCUT2D eigenvalue weighted by Gasteiger charge is -2.33. The van der Waals surface area contributed by atoms with E-state index in [9.17, 15) is 13.2 Å². The number of sulfonamides is 1. The Morgan fingerprint density at radius 2 is 2.18 bits per heavy atom. The zero-order chi connectivity index (χ0) is 12.5. The summed E-state index contributed by atoms with van der Waals surface area (Å²) in [5.74, 6) is -0.455. The van der Waals surface area contributed by atoms with Crippen molar-refractivity contribution in [2.75, 3.05) is 26.2 Å². The summed E-state index contributed by atoms with van der Waals surface area (Å²) in [6, 6.07) is -0.700. The summed E-state index contributed by atoms with van der Waals surface area (Å²) >= 11 is 0. The van der Waals surface area contributed by atoms with E-state index in [1.807, 2.05) is 0 Å². The molecule has 0 aromatic carbocycles. The van der Waals surface area contributed by atoms with Crippen LogP contribution >= 0.6 is 0 Å². The maximum Gasteiger partial charge on any atom is 0.325 e. The normalized spacial score (nSPS) is 26.8. The van der Waals surface area contributed by atoms with Crippen LogP contribution < -0.4 is 5.32 Å². The van der Waals surface area contributed by atoms with E-state index in [0.29, 0.717) is 32.5 Å². The summed E-state index contributed by atoms with van der Waals surface area (Å²) in [5, 5.41) is 2.75. The highest BCUT2D eigenvalue weighted by Gasteiger charge is 2.45. The van der Waals surface area contributed by atoms with Gasteiger partial charge in [-0.2, -0.15) is 4.31 Å². The van der Waals surface area contributed by atoms with Gasteiger partial charge in [0.05, 0.1) is 11.9 Å². The van der Waals surface area contributed by atoms with Crippen molar-refractivity contribution < 1.29 is 17.9 Å². The van der Waals surface area contributed by atoms with E-state index in [1.54, 1.807) is 6.92 Å². The van der Waals surface area contributed by atoms with Gasteiger partial charge in [0.15, 0.2) is 0 Å². The topological polar surface area (TPSA) is 75.7 Å². The zero-order valence-electron chi connectivity index (χ0n) is 9.89. The van der Waals surface area contributed by atoms with Gasteiger partial charge in [-0.05, 0) is 19.8 Å². The molecule has 0 aromatic heterocycles. The van der Waals surface area contributed by atoms with Crippen LogP contribution in [0, 0.1) is 0 Å². The predicted octanol–water partition coefficient (Wildman–Crippen LogP) is -0.684. The average molecular weight is 262 g/mol. The molecule has 1 N–H and O–H groups in total. The maximum absolute atomic E-state index is 12.2. The molecular weight excluding hydrogens is 244 g/mol. The van der Waals surface area contributed by atoms with Gasteiger partial charge >= 0.3 is 5.97 Å². The monoisotopic (exact) mass is 262 g/mol. The van der Waals surface area contributed by atoms with Crippen LogP contribution in [0.1, 0.15) is 19.8 Å². The molecule has 2 aliphatic rings. The molecule has 6 nitrogen and oxygen atoms in total. The second kappa shape index (κ2) is 4.91. The van der Waals surface area contributed by atoms with Crippen molar-refractivity contribution in [1.29, 1.82) is 0 Å². The van der Waals surface area contributed by atoms with Crippen molar-refractivity contribution in [2.24, 2.45) is 0 Å². The molecule has 2 fully saturated rings. The summed E-state index contributed by atoms with van der Waals surface area (Å²) in [6.45, 7) is 3.26. The number of carbonyl (C=O) groups is 1. The van der Waals surface area contributed by atoms with Gasteiger partial charge in [-0.25, -0.2) is 8.42 Å². The Bertz CT molecular complexity index is 391. The van der Waals surface area contributed by atoms with Crippen LogP contribution in [0.4, 0.5) is 0 Å². The molecule has 2 rings (SSSR count). The Labute approximate surface area is 101 Å². The fourth-order valence-electron chi connectivity index (χ4n) is 1.99. The molecule has 1 unspecified atom stereocenters. The molecule has 17 heavy (non-hydrogen) atoms. The zero-order valence-corrected chi connectivity index (χ0v) is 10.7. The third-order valence-electron chi connectivity index (χ3n) is 3.03. The molecule has 0 spiro atoms. The van der Waals surface area contributed by atoms with Gasteiger partial charge in [-0.3, -0.25) is 4.79 Å². The van der Waals surface area contributed by atoms with Crippen molar-refractivity contribution in [1.82, 2.24) is 9.62 Å². The number of ether oxygens (including phenoxy) is 1. The van der Waals surface area contributed by atoms with Crippen molar-refractivity contribution in [3.05, 3.63) is 0 Å². The SMILES string of the molecule is CCOC(=O)C1CNCCN1S(=O)(=O)C1CC1. The van der Waals surface area contributed by atoms with Crippen LogP contribution in [0.5, 0.6) is 0 Å². The Morgan fingerprint density at radius 1 is 1.47 bits per heavy atom. The first-order valence-electron chi connectivity index (χ1n) is 5.95. The van der Waals surface area contributed by atoms with Gasteiger partial charge < -0.3 is 10.1 Å². The predicted molar refractivity (Wildman–Crippen MR) is 61.9 cm³/mol. The van der Waals surface area contributed by atoms with E-state index in [4.69, 9.17) is 4.74 Å². The second-order valence-corrected chi connectivity index (χ2v) is 6.49. The first-order valence-corrected chi connectivity index (χ1v) is 7.45. The first-order chi connectivity index (χ1) is 8.07. The maximum atomic E-state index is 12.2. The molecule has 0 aromatic rings.